The first kappa shape index (κ1) is 33.5. The molecule has 0 saturated heterocycles. The molecule has 1 aliphatic carbocycles. The molecule has 266 valence electrons. The highest BCUT2D eigenvalue weighted by Gasteiger charge is 2.27. The summed E-state index contributed by atoms with van der Waals surface area (Å²) in [6, 6.07) is 60.3. The van der Waals surface area contributed by atoms with Crippen molar-refractivity contribution in [3.63, 3.8) is 0 Å². The summed E-state index contributed by atoms with van der Waals surface area (Å²) >= 11 is 0. The van der Waals surface area contributed by atoms with E-state index in [1.54, 1.807) is 0 Å². The van der Waals surface area contributed by atoms with Crippen LogP contribution in [0.5, 0.6) is 0 Å². The monoisotopic (exact) mass is 717 g/mol. The van der Waals surface area contributed by atoms with Crippen LogP contribution in [0.1, 0.15) is 45.5 Å². The smallest absolute Gasteiger partial charge is 0.170 e. The highest BCUT2D eigenvalue weighted by Crippen LogP contribution is 2.42. The molecule has 0 amide bonds. The summed E-state index contributed by atoms with van der Waals surface area (Å²) in [7, 11) is 0. The number of fused-ring (bicyclic) bond motifs is 6. The van der Waals surface area contributed by atoms with E-state index in [1.807, 2.05) is 12.1 Å². The van der Waals surface area contributed by atoms with Gasteiger partial charge in [-0.05, 0) is 90.3 Å². The van der Waals surface area contributed by atoms with Crippen LogP contribution < -0.4 is 5.32 Å². The number of benzene rings is 8. The molecular weight excluding hydrogens is 679 g/mol. The van der Waals surface area contributed by atoms with Crippen molar-refractivity contribution in [3.8, 4) is 11.1 Å². The lowest BCUT2D eigenvalue weighted by Gasteiger charge is -2.28. The van der Waals surface area contributed by atoms with Crippen LogP contribution in [0.3, 0.4) is 0 Å². The molecule has 1 heterocycles. The van der Waals surface area contributed by atoms with Crippen LogP contribution in [0.15, 0.2) is 210 Å². The van der Waals surface area contributed by atoms with Crippen molar-refractivity contribution in [2.45, 2.75) is 19.0 Å². The summed E-state index contributed by atoms with van der Waals surface area (Å²) in [5.74, 6) is 1.58. The Morgan fingerprint density at radius 1 is 0.482 bits per heavy atom. The van der Waals surface area contributed by atoms with Gasteiger partial charge >= 0.3 is 0 Å². The van der Waals surface area contributed by atoms with Gasteiger partial charge in [0, 0.05) is 22.6 Å². The zero-order chi connectivity index (χ0) is 37.6. The fourth-order valence-electron chi connectivity index (χ4n) is 8.52. The van der Waals surface area contributed by atoms with E-state index < -0.39 is 6.17 Å². The zero-order valence-electron chi connectivity index (χ0n) is 31.2. The van der Waals surface area contributed by atoms with Gasteiger partial charge in [0.2, 0.25) is 0 Å². The first-order valence-corrected chi connectivity index (χ1v) is 19.2. The molecule has 1 N–H and O–H groups in total. The van der Waals surface area contributed by atoms with Crippen molar-refractivity contribution in [2.24, 2.45) is 9.98 Å². The lowest BCUT2D eigenvalue weighted by atomic mass is 9.80. The first-order valence-electron chi connectivity index (χ1n) is 19.2. The molecule has 8 aromatic carbocycles. The van der Waals surface area contributed by atoms with E-state index in [9.17, 15) is 0 Å². The number of aryl methyl sites for hydroxylation is 1. The second-order valence-corrected chi connectivity index (χ2v) is 14.7. The largest absolute Gasteiger partial charge is 0.324 e. The molecule has 56 heavy (non-hydrogen) atoms. The number of nitrogens with zero attached hydrogens (tertiary/aromatic N) is 2. The minimum Gasteiger partial charge on any atom is -0.324 e. The van der Waals surface area contributed by atoms with Gasteiger partial charge < -0.3 is 5.32 Å². The van der Waals surface area contributed by atoms with Crippen LogP contribution in [0.2, 0.25) is 0 Å². The first-order chi connectivity index (χ1) is 27.6. The van der Waals surface area contributed by atoms with E-state index in [2.05, 4.69) is 195 Å². The second kappa shape index (κ2) is 14.0. The third-order valence-electron chi connectivity index (χ3n) is 11.3. The highest BCUT2D eigenvalue weighted by atomic mass is 15.2. The summed E-state index contributed by atoms with van der Waals surface area (Å²) < 4.78 is 0. The van der Waals surface area contributed by atoms with E-state index in [0.717, 1.165) is 45.1 Å². The molecule has 0 aromatic heterocycles. The van der Waals surface area contributed by atoms with Gasteiger partial charge in [0.25, 0.3) is 0 Å². The molecule has 0 radical (unpaired) electrons. The Labute approximate surface area is 327 Å². The normalized spacial score (nSPS) is 16.7. The molecule has 3 nitrogen and oxygen atoms in total. The van der Waals surface area contributed by atoms with E-state index in [0.29, 0.717) is 0 Å². The summed E-state index contributed by atoms with van der Waals surface area (Å²) in [6.45, 7) is 6.87. The van der Waals surface area contributed by atoms with Crippen LogP contribution in [-0.2, 0) is 0 Å². The fourth-order valence-corrected chi connectivity index (χ4v) is 8.52. The van der Waals surface area contributed by atoms with Gasteiger partial charge in [0.1, 0.15) is 11.7 Å². The van der Waals surface area contributed by atoms with Crippen molar-refractivity contribution >= 4 is 49.6 Å². The van der Waals surface area contributed by atoms with E-state index in [4.69, 9.17) is 9.98 Å². The Morgan fingerprint density at radius 2 is 1.04 bits per heavy atom. The van der Waals surface area contributed by atoms with Crippen molar-refractivity contribution in [1.29, 1.82) is 0 Å². The van der Waals surface area contributed by atoms with Gasteiger partial charge in [-0.15, -0.1) is 0 Å². The Kier molecular flexibility index (Phi) is 8.34. The van der Waals surface area contributed by atoms with Crippen LogP contribution >= 0.6 is 0 Å². The van der Waals surface area contributed by atoms with Crippen LogP contribution in [-0.4, -0.2) is 11.7 Å². The minimum atomic E-state index is -0.452. The number of amidine groups is 2. The topological polar surface area (TPSA) is 36.8 Å². The quantitative estimate of drug-likeness (QED) is 0.171. The lowest BCUT2D eigenvalue weighted by Crippen LogP contribution is -2.36. The number of hydrogen-bond acceptors (Lipinski definition) is 3. The molecule has 2 atom stereocenters. The van der Waals surface area contributed by atoms with Crippen LogP contribution in [0.25, 0.3) is 49.0 Å². The Balaban J connectivity index is 1.04. The molecule has 0 spiro atoms. The number of hydrogen-bond donors (Lipinski definition) is 1. The summed E-state index contributed by atoms with van der Waals surface area (Å²) in [5.41, 5.74) is 11.2. The van der Waals surface area contributed by atoms with Crippen molar-refractivity contribution < 1.29 is 0 Å². The Hall–Kier alpha value is -7.10. The van der Waals surface area contributed by atoms with Crippen molar-refractivity contribution in [2.75, 3.05) is 0 Å². The van der Waals surface area contributed by atoms with Gasteiger partial charge in [0.15, 0.2) is 6.17 Å². The summed E-state index contributed by atoms with van der Waals surface area (Å²) in [5, 5.41) is 11.3. The molecule has 10 rings (SSSR count). The Morgan fingerprint density at radius 3 is 1.71 bits per heavy atom. The van der Waals surface area contributed by atoms with Gasteiger partial charge in [0.05, 0.1) is 0 Å². The third kappa shape index (κ3) is 5.95. The molecule has 2 unspecified atom stereocenters. The number of aliphatic imine (C=N–C) groups is 2. The van der Waals surface area contributed by atoms with Gasteiger partial charge in [-0.1, -0.05) is 183 Å². The van der Waals surface area contributed by atoms with E-state index in [-0.39, 0.29) is 5.92 Å². The molecule has 8 aromatic rings. The van der Waals surface area contributed by atoms with Gasteiger partial charge in [-0.2, -0.15) is 0 Å². The number of rotatable bonds is 6. The molecule has 0 bridgehead atoms. The minimum absolute atomic E-state index is 0.0227. The highest BCUT2D eigenvalue weighted by molar-refractivity contribution is 6.25. The van der Waals surface area contributed by atoms with E-state index in [1.165, 1.54) is 54.6 Å². The Bertz CT molecular complexity index is 2930. The predicted molar refractivity (Wildman–Crippen MR) is 236 cm³/mol. The van der Waals surface area contributed by atoms with Crippen molar-refractivity contribution in [1.82, 2.24) is 5.32 Å². The van der Waals surface area contributed by atoms with E-state index >= 15 is 0 Å². The molecule has 0 fully saturated rings. The zero-order valence-corrected chi connectivity index (χ0v) is 31.2. The molecule has 2 aliphatic rings. The second-order valence-electron chi connectivity index (χ2n) is 14.7. The molecule has 3 heteroatoms. The summed E-state index contributed by atoms with van der Waals surface area (Å²) in [6.07, 6.45) is 6.39. The maximum absolute atomic E-state index is 5.34. The standard InChI is InChI=1S/C53H39N3/c1-34-15-13-26-48(53-55-51(37-18-7-4-8-19-37)54-52(56-53)41-21-14-20-38(32-41)36-16-5-3-6-17-36)50(34)42-29-27-39(31-35(42)2)40-28-30-47-45-24-10-9-22-43(45)44-23-11-12-25-46(44)49(47)33-40/h3-33,42,53H,2H2,1H3,(H,54,55,56). The van der Waals surface area contributed by atoms with Crippen LogP contribution in [0, 0.1) is 6.92 Å². The summed E-state index contributed by atoms with van der Waals surface area (Å²) in [4.78, 5) is 10.6. The van der Waals surface area contributed by atoms with Gasteiger partial charge in [-0.3, -0.25) is 0 Å². The average molecular weight is 718 g/mol. The molecular formula is C53H39N3. The fraction of sp³-hybridized carbons (Fsp3) is 0.0566. The maximum Gasteiger partial charge on any atom is 0.170 e. The van der Waals surface area contributed by atoms with Crippen molar-refractivity contribution in [3.05, 3.63) is 234 Å². The molecule has 1 aliphatic heterocycles. The maximum atomic E-state index is 5.34. The van der Waals surface area contributed by atoms with Crippen LogP contribution in [0.4, 0.5) is 0 Å². The van der Waals surface area contributed by atoms with Gasteiger partial charge in [-0.25, -0.2) is 9.98 Å². The predicted octanol–water partition coefficient (Wildman–Crippen LogP) is 12.9. The number of nitrogens with one attached hydrogen (secondary N) is 1. The SMILES string of the molecule is C=C1C=C(c2ccc3c4ccccc4c4ccccc4c3c2)C=CC1c1c(C)cccc1C1N=C(c2ccccc2)NC(c2cccc(-c3ccccc3)c2)=N1. The number of allylic oxidation sites excluding steroid dienone is 5. The average Bonchev–Trinajstić information content (AvgIpc) is 3.27. The third-order valence-corrected chi connectivity index (χ3v) is 11.3. The molecule has 0 saturated carbocycles. The lowest BCUT2D eigenvalue weighted by molar-refractivity contribution is 0.737.